The molecule has 0 fully saturated rings. The third-order valence-corrected chi connectivity index (χ3v) is 5.11. The molecule has 0 aliphatic carbocycles. The van der Waals surface area contributed by atoms with E-state index >= 15 is 0 Å². The molecule has 2 aromatic heterocycles. The minimum Gasteiger partial charge on any atom is -0.493 e. The zero-order valence-corrected chi connectivity index (χ0v) is 17.3. The van der Waals surface area contributed by atoms with Gasteiger partial charge in [-0.15, -0.1) is 11.3 Å². The van der Waals surface area contributed by atoms with Gasteiger partial charge < -0.3 is 14.2 Å². The highest BCUT2D eigenvalue weighted by Crippen LogP contribution is 2.21. The number of aromatic nitrogens is 3. The van der Waals surface area contributed by atoms with Crippen LogP contribution in [-0.2, 0) is 18.0 Å². The number of thiazole rings is 1. The molecule has 2 heterocycles. The number of hydrogen-bond donors (Lipinski definition) is 0. The van der Waals surface area contributed by atoms with Gasteiger partial charge in [-0.3, -0.25) is 0 Å². The standard InChI is InChI=1S/C22H18FN3O4S/c1-28-19-11-26(17-5-3-2-4-6-17)25-21(19)22(27)30-12-16-14-31-20(24-16)13-29-18-9-7-15(23)8-10-18/h2-11,14H,12-13H2,1H3. The van der Waals surface area contributed by atoms with Crippen LogP contribution in [0.1, 0.15) is 21.2 Å². The van der Waals surface area contributed by atoms with Gasteiger partial charge in [0.1, 0.15) is 29.8 Å². The van der Waals surface area contributed by atoms with Crippen molar-refractivity contribution in [1.29, 1.82) is 0 Å². The van der Waals surface area contributed by atoms with E-state index in [1.54, 1.807) is 28.4 Å². The number of rotatable bonds is 8. The molecule has 0 saturated heterocycles. The van der Waals surface area contributed by atoms with Crippen molar-refractivity contribution >= 4 is 17.3 Å². The summed E-state index contributed by atoms with van der Waals surface area (Å²) in [5.41, 5.74) is 1.48. The lowest BCUT2D eigenvalue weighted by atomic mass is 10.3. The molecule has 0 spiro atoms. The predicted molar refractivity (Wildman–Crippen MR) is 112 cm³/mol. The number of carbonyl (C=O) groups excluding carboxylic acids is 1. The number of benzene rings is 2. The zero-order chi connectivity index (χ0) is 21.6. The van der Waals surface area contributed by atoms with E-state index in [0.717, 1.165) is 5.69 Å². The number of methoxy groups -OCH3 is 1. The highest BCUT2D eigenvalue weighted by atomic mass is 32.1. The molecule has 158 valence electrons. The van der Waals surface area contributed by atoms with E-state index < -0.39 is 5.97 Å². The topological polar surface area (TPSA) is 75.5 Å². The summed E-state index contributed by atoms with van der Waals surface area (Å²) < 4.78 is 30.7. The monoisotopic (exact) mass is 439 g/mol. The second-order valence-corrected chi connectivity index (χ2v) is 7.32. The molecule has 4 aromatic rings. The first kappa shape index (κ1) is 20.5. The zero-order valence-electron chi connectivity index (χ0n) is 16.5. The highest BCUT2D eigenvalue weighted by Gasteiger charge is 2.20. The number of carbonyl (C=O) groups is 1. The summed E-state index contributed by atoms with van der Waals surface area (Å²) in [4.78, 5) is 16.9. The lowest BCUT2D eigenvalue weighted by molar-refractivity contribution is 0.0457. The molecule has 0 aliphatic rings. The van der Waals surface area contributed by atoms with Crippen LogP contribution < -0.4 is 9.47 Å². The number of esters is 1. The molecule has 31 heavy (non-hydrogen) atoms. The summed E-state index contributed by atoms with van der Waals surface area (Å²) in [6.45, 7) is 0.229. The molecule has 0 atom stereocenters. The second-order valence-electron chi connectivity index (χ2n) is 6.38. The minimum atomic E-state index is -0.608. The predicted octanol–water partition coefficient (Wildman–Crippen LogP) is 4.41. The molecular formula is C22H18FN3O4S. The quantitative estimate of drug-likeness (QED) is 0.379. The summed E-state index contributed by atoms with van der Waals surface area (Å²) in [6, 6.07) is 15.1. The van der Waals surface area contributed by atoms with E-state index in [0.29, 0.717) is 22.2 Å². The average Bonchev–Trinajstić information content (AvgIpc) is 3.45. The van der Waals surface area contributed by atoms with E-state index in [9.17, 15) is 9.18 Å². The lowest BCUT2D eigenvalue weighted by Gasteiger charge is -2.03. The van der Waals surface area contributed by atoms with Gasteiger partial charge >= 0.3 is 5.97 Å². The van der Waals surface area contributed by atoms with Gasteiger partial charge in [0.25, 0.3) is 0 Å². The molecule has 2 aromatic carbocycles. The number of para-hydroxylation sites is 1. The van der Waals surface area contributed by atoms with E-state index in [4.69, 9.17) is 14.2 Å². The van der Waals surface area contributed by atoms with Gasteiger partial charge in [0.05, 0.1) is 24.7 Å². The fraction of sp³-hybridized carbons (Fsp3) is 0.136. The van der Waals surface area contributed by atoms with Crippen molar-refractivity contribution in [2.45, 2.75) is 13.2 Å². The average molecular weight is 439 g/mol. The second kappa shape index (κ2) is 9.40. The summed E-state index contributed by atoms with van der Waals surface area (Å²) in [5.74, 6) is -0.0641. The number of hydrogen-bond acceptors (Lipinski definition) is 7. The molecule has 0 aliphatic heterocycles. The van der Waals surface area contributed by atoms with Gasteiger partial charge in [-0.25, -0.2) is 18.9 Å². The van der Waals surface area contributed by atoms with E-state index in [1.807, 2.05) is 30.3 Å². The van der Waals surface area contributed by atoms with Crippen molar-refractivity contribution in [2.24, 2.45) is 0 Å². The van der Waals surface area contributed by atoms with Crippen molar-refractivity contribution in [3.63, 3.8) is 0 Å². The normalized spacial score (nSPS) is 10.6. The minimum absolute atomic E-state index is 0.00671. The highest BCUT2D eigenvalue weighted by molar-refractivity contribution is 7.09. The van der Waals surface area contributed by atoms with Crippen molar-refractivity contribution in [2.75, 3.05) is 7.11 Å². The first-order valence-corrected chi connectivity index (χ1v) is 10.2. The van der Waals surface area contributed by atoms with Crippen LogP contribution in [0.5, 0.6) is 11.5 Å². The summed E-state index contributed by atoms with van der Waals surface area (Å²) in [7, 11) is 1.47. The Balaban J connectivity index is 1.36. The van der Waals surface area contributed by atoms with Crippen molar-refractivity contribution < 1.29 is 23.4 Å². The fourth-order valence-corrected chi connectivity index (χ4v) is 3.42. The first-order valence-electron chi connectivity index (χ1n) is 9.30. The first-order chi connectivity index (χ1) is 15.1. The summed E-state index contributed by atoms with van der Waals surface area (Å²) >= 11 is 1.38. The van der Waals surface area contributed by atoms with Gasteiger partial charge in [-0.1, -0.05) is 18.2 Å². The van der Waals surface area contributed by atoms with Gasteiger partial charge in [-0.05, 0) is 36.4 Å². The van der Waals surface area contributed by atoms with Crippen LogP contribution in [0.2, 0.25) is 0 Å². The summed E-state index contributed by atoms with van der Waals surface area (Å²) in [6.07, 6.45) is 1.62. The Hall–Kier alpha value is -3.72. The molecule has 0 saturated carbocycles. The summed E-state index contributed by atoms with van der Waals surface area (Å²) in [5, 5.41) is 6.79. The molecule has 0 N–H and O–H groups in total. The largest absolute Gasteiger partial charge is 0.493 e. The Labute approximate surface area is 181 Å². The molecule has 7 nitrogen and oxygen atoms in total. The fourth-order valence-electron chi connectivity index (χ4n) is 2.73. The molecule has 4 rings (SSSR count). The Morgan fingerprint density at radius 2 is 1.87 bits per heavy atom. The van der Waals surface area contributed by atoms with E-state index in [-0.39, 0.29) is 24.7 Å². The van der Waals surface area contributed by atoms with Crippen molar-refractivity contribution in [1.82, 2.24) is 14.8 Å². The maximum absolute atomic E-state index is 12.9. The SMILES string of the molecule is COc1cn(-c2ccccc2)nc1C(=O)OCc1csc(COc2ccc(F)cc2)n1. The Kier molecular flexibility index (Phi) is 6.23. The third kappa shape index (κ3) is 5.07. The van der Waals surface area contributed by atoms with Gasteiger partial charge in [0.15, 0.2) is 5.75 Å². The van der Waals surface area contributed by atoms with Gasteiger partial charge in [-0.2, -0.15) is 5.10 Å². The molecule has 9 heteroatoms. The van der Waals surface area contributed by atoms with E-state index in [2.05, 4.69) is 10.1 Å². The van der Waals surface area contributed by atoms with Crippen LogP contribution >= 0.6 is 11.3 Å². The van der Waals surface area contributed by atoms with Gasteiger partial charge in [0.2, 0.25) is 5.69 Å². The smallest absolute Gasteiger partial charge is 0.363 e. The molecule has 0 radical (unpaired) electrons. The molecule has 0 unspecified atom stereocenters. The van der Waals surface area contributed by atoms with Crippen LogP contribution in [-0.4, -0.2) is 27.8 Å². The number of ether oxygens (including phenoxy) is 3. The Morgan fingerprint density at radius 1 is 1.10 bits per heavy atom. The Morgan fingerprint density at radius 3 is 2.61 bits per heavy atom. The number of halogens is 1. The third-order valence-electron chi connectivity index (χ3n) is 4.24. The molecule has 0 bridgehead atoms. The maximum atomic E-state index is 12.9. The van der Waals surface area contributed by atoms with E-state index in [1.165, 1.54) is 30.6 Å². The molecule has 0 amide bonds. The Bertz CT molecular complexity index is 1160. The van der Waals surface area contributed by atoms with Crippen LogP contribution in [0.3, 0.4) is 0 Å². The lowest BCUT2D eigenvalue weighted by Crippen LogP contribution is -2.08. The van der Waals surface area contributed by atoms with Crippen LogP contribution in [0.25, 0.3) is 5.69 Å². The maximum Gasteiger partial charge on any atom is 0.363 e. The van der Waals surface area contributed by atoms with Crippen molar-refractivity contribution in [3.8, 4) is 17.2 Å². The van der Waals surface area contributed by atoms with Gasteiger partial charge in [0, 0.05) is 5.38 Å². The number of nitrogens with zero attached hydrogens (tertiary/aromatic N) is 3. The van der Waals surface area contributed by atoms with Crippen LogP contribution in [0.15, 0.2) is 66.2 Å². The van der Waals surface area contributed by atoms with Crippen LogP contribution in [0, 0.1) is 5.82 Å². The molecular weight excluding hydrogens is 421 g/mol. The van der Waals surface area contributed by atoms with Crippen molar-refractivity contribution in [3.05, 3.63) is 88.4 Å². The van der Waals surface area contributed by atoms with Crippen LogP contribution in [0.4, 0.5) is 4.39 Å².